The van der Waals surface area contributed by atoms with Crippen molar-refractivity contribution in [2.45, 2.75) is 19.8 Å². The van der Waals surface area contributed by atoms with Crippen molar-refractivity contribution < 1.29 is 0 Å². The van der Waals surface area contributed by atoms with Gasteiger partial charge in [-0.1, -0.05) is 18.2 Å². The first-order chi connectivity index (χ1) is 13.7. The van der Waals surface area contributed by atoms with E-state index in [0.717, 1.165) is 75.1 Å². The minimum absolute atomic E-state index is 0.736. The molecule has 0 unspecified atom stereocenters. The lowest BCUT2D eigenvalue weighted by Gasteiger charge is -2.23. The molecule has 1 aliphatic heterocycles. The lowest BCUT2D eigenvalue weighted by Crippen LogP contribution is -2.35. The summed E-state index contributed by atoms with van der Waals surface area (Å²) in [7, 11) is 0. The summed E-state index contributed by atoms with van der Waals surface area (Å²) in [4.78, 5) is 6.64. The number of allylic oxidation sites excluding steroid dienone is 1. The molecule has 0 spiro atoms. The largest absolute Gasteiger partial charge is 0.390 e. The molecule has 1 aromatic carbocycles. The van der Waals surface area contributed by atoms with E-state index in [2.05, 4.69) is 51.5 Å². The fourth-order valence-corrected chi connectivity index (χ4v) is 3.38. The molecular formula is C21H33ClN6. The molecule has 0 saturated heterocycles. The molecule has 7 heteroatoms. The summed E-state index contributed by atoms with van der Waals surface area (Å²) in [5.41, 5.74) is 9.78. The molecule has 0 fully saturated rings. The van der Waals surface area contributed by atoms with Crippen LogP contribution in [0.4, 0.5) is 5.69 Å². The van der Waals surface area contributed by atoms with Crippen molar-refractivity contribution in [1.29, 1.82) is 0 Å². The lowest BCUT2D eigenvalue weighted by atomic mass is 10.1. The van der Waals surface area contributed by atoms with E-state index in [1.807, 2.05) is 12.1 Å². The van der Waals surface area contributed by atoms with Gasteiger partial charge in [0.25, 0.3) is 0 Å². The van der Waals surface area contributed by atoms with Crippen LogP contribution in [0.3, 0.4) is 0 Å². The van der Waals surface area contributed by atoms with E-state index < -0.39 is 0 Å². The van der Waals surface area contributed by atoms with Gasteiger partial charge in [0.05, 0.1) is 12.0 Å². The average Bonchev–Trinajstić information content (AvgIpc) is 2.94. The van der Waals surface area contributed by atoms with E-state index in [9.17, 15) is 0 Å². The number of hydrogen-bond donors (Lipinski definition) is 4. The van der Waals surface area contributed by atoms with Crippen molar-refractivity contribution in [2.24, 2.45) is 10.7 Å². The number of nitrogens with two attached hydrogens (primary N) is 1. The van der Waals surface area contributed by atoms with Crippen molar-refractivity contribution in [1.82, 2.24) is 16.0 Å². The quantitative estimate of drug-likeness (QED) is 0.259. The van der Waals surface area contributed by atoms with Gasteiger partial charge in [-0.3, -0.25) is 0 Å². The van der Waals surface area contributed by atoms with Crippen molar-refractivity contribution in [3.63, 3.8) is 0 Å². The number of anilines is 1. The summed E-state index contributed by atoms with van der Waals surface area (Å²) < 4.78 is 0. The van der Waals surface area contributed by atoms with E-state index in [1.54, 1.807) is 0 Å². The molecule has 0 aliphatic carbocycles. The lowest BCUT2D eigenvalue weighted by molar-refractivity contribution is 0.637. The highest BCUT2D eigenvalue weighted by Gasteiger charge is 2.13. The van der Waals surface area contributed by atoms with Crippen LogP contribution in [0.15, 0.2) is 52.8 Å². The zero-order valence-corrected chi connectivity index (χ0v) is 17.6. The Labute approximate surface area is 173 Å². The summed E-state index contributed by atoms with van der Waals surface area (Å²) in [6, 6.07) is 7.99. The average molecular weight is 405 g/mol. The van der Waals surface area contributed by atoms with Gasteiger partial charge in [-0.2, -0.15) is 0 Å². The molecule has 1 aromatic rings. The number of benzene rings is 1. The van der Waals surface area contributed by atoms with Crippen LogP contribution < -0.4 is 26.6 Å². The number of likely N-dealkylation sites (N-methyl/N-ethyl adjacent to an activating group) is 1. The van der Waals surface area contributed by atoms with Crippen molar-refractivity contribution in [3.8, 4) is 0 Å². The molecule has 28 heavy (non-hydrogen) atoms. The Bertz CT molecular complexity index is 668. The van der Waals surface area contributed by atoms with Gasteiger partial charge in [0.15, 0.2) is 0 Å². The smallest absolute Gasteiger partial charge is 0.0856 e. The van der Waals surface area contributed by atoms with E-state index in [4.69, 9.17) is 17.3 Å². The van der Waals surface area contributed by atoms with E-state index >= 15 is 0 Å². The van der Waals surface area contributed by atoms with Gasteiger partial charge in [-0.15, -0.1) is 0 Å². The van der Waals surface area contributed by atoms with Crippen LogP contribution in [-0.2, 0) is 0 Å². The first-order valence-electron chi connectivity index (χ1n) is 9.97. The summed E-state index contributed by atoms with van der Waals surface area (Å²) in [5.74, 6) is 0. The Kier molecular flexibility index (Phi) is 9.90. The minimum Gasteiger partial charge on any atom is -0.390 e. The van der Waals surface area contributed by atoms with Crippen LogP contribution in [0.5, 0.6) is 0 Å². The zero-order valence-electron chi connectivity index (χ0n) is 16.8. The number of hydrogen-bond acceptors (Lipinski definition) is 5. The number of nitrogens with one attached hydrogen (secondary N) is 3. The first-order valence-corrected chi connectivity index (χ1v) is 10.3. The number of nitrogens with zero attached hydrogens (tertiary/aromatic N) is 2. The molecule has 0 bridgehead atoms. The maximum absolute atomic E-state index is 5.97. The molecule has 6 nitrogen and oxygen atoms in total. The molecule has 5 N–H and O–H groups in total. The van der Waals surface area contributed by atoms with Crippen LogP contribution in [-0.4, -0.2) is 52.2 Å². The maximum atomic E-state index is 5.97. The van der Waals surface area contributed by atoms with Gasteiger partial charge < -0.3 is 26.6 Å². The normalized spacial score (nSPS) is 14.9. The van der Waals surface area contributed by atoms with Crippen molar-refractivity contribution in [3.05, 3.63) is 52.8 Å². The topological polar surface area (TPSA) is 77.7 Å². The van der Waals surface area contributed by atoms with Crippen LogP contribution in [0.25, 0.3) is 0 Å². The van der Waals surface area contributed by atoms with Gasteiger partial charge >= 0.3 is 0 Å². The monoisotopic (exact) mass is 404 g/mol. The number of halogens is 1. The Morgan fingerprint density at radius 3 is 2.82 bits per heavy atom. The first kappa shape index (κ1) is 22.3. The standard InChI is InChI=1S/C21H33ClN6/c1-3-28(19-8-6-18(22)7-9-19)14-13-24-11-12-26-17(2)20-5-4-10-25-15-21(20)27-16-23/h6-9,16,24-26H,2-5,10-15H2,1H3,(H2,23,27). The predicted molar refractivity (Wildman–Crippen MR) is 121 cm³/mol. The molecular weight excluding hydrogens is 372 g/mol. The van der Waals surface area contributed by atoms with Gasteiger partial charge in [0.2, 0.25) is 0 Å². The highest BCUT2D eigenvalue weighted by atomic mass is 35.5. The SMILES string of the molecule is C=C(NCCNCCN(CC)c1ccc(Cl)cc1)C1=C(N=CN)CNCCC1. The number of aliphatic imine (C=N–C) groups is 1. The molecule has 0 aromatic heterocycles. The molecule has 1 aliphatic rings. The molecule has 0 atom stereocenters. The second-order valence-corrected chi connectivity index (χ2v) is 7.13. The number of rotatable bonds is 11. The molecule has 154 valence electrons. The summed E-state index contributed by atoms with van der Waals surface area (Å²) in [6.07, 6.45) is 3.40. The van der Waals surface area contributed by atoms with Crippen LogP contribution >= 0.6 is 11.6 Å². The molecule has 0 amide bonds. The van der Waals surface area contributed by atoms with Gasteiger partial charge in [-0.25, -0.2) is 4.99 Å². The van der Waals surface area contributed by atoms with Crippen LogP contribution in [0.2, 0.25) is 5.02 Å². The third-order valence-corrected chi connectivity index (χ3v) is 5.04. The summed E-state index contributed by atoms with van der Waals surface area (Å²) in [6.45, 7) is 12.6. The van der Waals surface area contributed by atoms with Crippen molar-refractivity contribution in [2.75, 3.05) is 50.7 Å². The predicted octanol–water partition coefficient (Wildman–Crippen LogP) is 2.48. The minimum atomic E-state index is 0.736. The molecule has 1 heterocycles. The van der Waals surface area contributed by atoms with Gasteiger partial charge in [0, 0.05) is 55.7 Å². The fourth-order valence-electron chi connectivity index (χ4n) is 3.26. The molecule has 0 radical (unpaired) electrons. The second kappa shape index (κ2) is 12.4. The Hall–Kier alpha value is -2.02. The van der Waals surface area contributed by atoms with Crippen LogP contribution in [0.1, 0.15) is 19.8 Å². The Morgan fingerprint density at radius 2 is 2.11 bits per heavy atom. The third-order valence-electron chi connectivity index (χ3n) is 4.79. The van der Waals surface area contributed by atoms with Crippen molar-refractivity contribution >= 4 is 23.6 Å². The highest BCUT2D eigenvalue weighted by Crippen LogP contribution is 2.20. The zero-order chi connectivity index (χ0) is 20.2. The highest BCUT2D eigenvalue weighted by molar-refractivity contribution is 6.30. The van der Waals surface area contributed by atoms with Gasteiger partial charge in [-0.05, 0) is 56.1 Å². The van der Waals surface area contributed by atoms with E-state index in [-0.39, 0.29) is 0 Å². The fraction of sp³-hybridized carbons (Fsp3) is 0.476. The molecule has 2 rings (SSSR count). The summed E-state index contributed by atoms with van der Waals surface area (Å²) in [5, 5.41) is 11.0. The third kappa shape index (κ3) is 7.19. The second-order valence-electron chi connectivity index (χ2n) is 6.70. The van der Waals surface area contributed by atoms with E-state index in [1.165, 1.54) is 17.6 Å². The van der Waals surface area contributed by atoms with E-state index in [0.29, 0.717) is 0 Å². The Balaban J connectivity index is 1.71. The summed E-state index contributed by atoms with van der Waals surface area (Å²) >= 11 is 5.97. The maximum Gasteiger partial charge on any atom is 0.0856 e. The Morgan fingerprint density at radius 1 is 1.32 bits per heavy atom. The van der Waals surface area contributed by atoms with Crippen LogP contribution in [0, 0.1) is 0 Å². The molecule has 0 saturated carbocycles. The van der Waals surface area contributed by atoms with Gasteiger partial charge in [0.1, 0.15) is 0 Å².